The van der Waals surface area contributed by atoms with Crippen molar-refractivity contribution in [2.45, 2.75) is 38.5 Å². The minimum atomic E-state index is 0.0584. The van der Waals surface area contributed by atoms with Gasteiger partial charge in [-0.3, -0.25) is 4.79 Å². The summed E-state index contributed by atoms with van der Waals surface area (Å²) in [6.07, 6.45) is 6.88. The van der Waals surface area contributed by atoms with E-state index in [1.807, 2.05) is 31.3 Å². The van der Waals surface area contributed by atoms with Gasteiger partial charge in [0.05, 0.1) is 18.6 Å². The number of anilines is 1. The number of aromatic amines is 1. The molecular weight excluding hydrogens is 278 g/mol. The van der Waals surface area contributed by atoms with Crippen molar-refractivity contribution in [2.24, 2.45) is 0 Å². The van der Waals surface area contributed by atoms with E-state index in [-0.39, 0.29) is 5.91 Å². The number of carbonyl (C=O) groups is 1. The molecule has 1 atom stereocenters. The van der Waals surface area contributed by atoms with Crippen molar-refractivity contribution in [1.29, 1.82) is 0 Å². The number of nitrogens with zero attached hydrogens (tertiary/aromatic N) is 1. The van der Waals surface area contributed by atoms with Gasteiger partial charge in [0, 0.05) is 18.3 Å². The normalized spacial score (nSPS) is 16.7. The number of hydrogen-bond acceptors (Lipinski definition) is 3. The van der Waals surface area contributed by atoms with Crippen LogP contribution >= 0.6 is 0 Å². The molecule has 0 fully saturated rings. The number of H-pyrrole nitrogens is 1. The molecule has 0 radical (unpaired) electrons. The highest BCUT2D eigenvalue weighted by atomic mass is 16.5. The molecule has 0 bridgehead atoms. The molecule has 1 aromatic carbocycles. The molecule has 0 spiro atoms. The number of amides is 1. The molecule has 0 aliphatic carbocycles. The molecule has 1 unspecified atom stereocenters. The number of rotatable bonds is 5. The highest BCUT2D eigenvalue weighted by Crippen LogP contribution is 2.37. The lowest BCUT2D eigenvalue weighted by molar-refractivity contribution is -0.116. The molecule has 2 aromatic rings. The van der Waals surface area contributed by atoms with Gasteiger partial charge in [-0.25, -0.2) is 4.98 Å². The predicted octanol–water partition coefficient (Wildman–Crippen LogP) is 3.26. The Morgan fingerprint density at radius 3 is 3.18 bits per heavy atom. The molecule has 5 heteroatoms. The summed E-state index contributed by atoms with van der Waals surface area (Å²) in [4.78, 5) is 19.1. The van der Waals surface area contributed by atoms with Gasteiger partial charge in [0.2, 0.25) is 5.91 Å². The average molecular weight is 299 g/mol. The average Bonchev–Trinajstić information content (AvgIpc) is 3.01. The van der Waals surface area contributed by atoms with Crippen LogP contribution in [-0.2, 0) is 11.2 Å². The third-order valence-corrected chi connectivity index (χ3v) is 3.94. The number of imidazole rings is 1. The second-order valence-electron chi connectivity index (χ2n) is 5.65. The highest BCUT2D eigenvalue weighted by Gasteiger charge is 2.23. The van der Waals surface area contributed by atoms with E-state index in [9.17, 15) is 4.79 Å². The molecule has 3 rings (SSSR count). The van der Waals surface area contributed by atoms with E-state index in [2.05, 4.69) is 15.3 Å². The molecule has 2 N–H and O–H groups in total. The maximum absolute atomic E-state index is 11.8. The van der Waals surface area contributed by atoms with E-state index < -0.39 is 0 Å². The summed E-state index contributed by atoms with van der Waals surface area (Å²) in [5, 5.41) is 2.96. The van der Waals surface area contributed by atoms with E-state index in [4.69, 9.17) is 4.74 Å². The lowest BCUT2D eigenvalue weighted by Crippen LogP contribution is -2.17. The summed E-state index contributed by atoms with van der Waals surface area (Å²) in [6, 6.07) is 5.90. The lowest BCUT2D eigenvalue weighted by atomic mass is 9.89. The first-order valence-corrected chi connectivity index (χ1v) is 7.80. The van der Waals surface area contributed by atoms with Crippen molar-refractivity contribution >= 4 is 11.6 Å². The van der Waals surface area contributed by atoms with Crippen molar-refractivity contribution in [3.8, 4) is 5.75 Å². The van der Waals surface area contributed by atoms with Gasteiger partial charge in [-0.1, -0.05) is 6.92 Å². The summed E-state index contributed by atoms with van der Waals surface area (Å²) in [5.74, 6) is 1.35. The summed E-state index contributed by atoms with van der Waals surface area (Å²) < 4.78 is 5.74. The Bertz CT molecular complexity index is 637. The van der Waals surface area contributed by atoms with Crippen molar-refractivity contribution in [3.63, 3.8) is 0 Å². The van der Waals surface area contributed by atoms with Gasteiger partial charge in [-0.15, -0.1) is 0 Å². The fourth-order valence-electron chi connectivity index (χ4n) is 2.86. The van der Waals surface area contributed by atoms with E-state index in [0.717, 1.165) is 48.6 Å². The van der Waals surface area contributed by atoms with Crippen molar-refractivity contribution < 1.29 is 9.53 Å². The quantitative estimate of drug-likeness (QED) is 0.890. The van der Waals surface area contributed by atoms with Crippen molar-refractivity contribution in [3.05, 3.63) is 42.0 Å². The Kier molecular flexibility index (Phi) is 4.42. The van der Waals surface area contributed by atoms with Crippen LogP contribution in [0.25, 0.3) is 0 Å². The summed E-state index contributed by atoms with van der Waals surface area (Å²) in [5.41, 5.74) is 3.05. The number of nitrogens with one attached hydrogen (secondary N) is 2. The maximum Gasteiger partial charge on any atom is 0.224 e. The van der Waals surface area contributed by atoms with Gasteiger partial charge in [0.25, 0.3) is 0 Å². The molecule has 1 aromatic heterocycles. The van der Waals surface area contributed by atoms with E-state index in [0.29, 0.717) is 12.3 Å². The van der Waals surface area contributed by atoms with Crippen LogP contribution in [0.3, 0.4) is 0 Å². The lowest BCUT2D eigenvalue weighted by Gasteiger charge is -2.26. The van der Waals surface area contributed by atoms with Gasteiger partial charge < -0.3 is 15.0 Å². The zero-order chi connectivity index (χ0) is 15.4. The molecule has 0 saturated heterocycles. The molecule has 116 valence electrons. The summed E-state index contributed by atoms with van der Waals surface area (Å²) in [7, 11) is 0. The molecule has 2 heterocycles. The van der Waals surface area contributed by atoms with Crippen LogP contribution < -0.4 is 10.1 Å². The third-order valence-electron chi connectivity index (χ3n) is 3.94. The van der Waals surface area contributed by atoms with Crippen LogP contribution in [0.1, 0.15) is 43.4 Å². The van der Waals surface area contributed by atoms with Gasteiger partial charge in [-0.05, 0) is 48.9 Å². The number of benzene rings is 1. The number of hydrogen-bond donors (Lipinski definition) is 2. The molecule has 0 saturated carbocycles. The molecule has 5 nitrogen and oxygen atoms in total. The first kappa shape index (κ1) is 14.6. The van der Waals surface area contributed by atoms with E-state index in [1.54, 1.807) is 6.33 Å². The van der Waals surface area contributed by atoms with Crippen LogP contribution in [0.2, 0.25) is 0 Å². The Morgan fingerprint density at radius 2 is 2.41 bits per heavy atom. The second kappa shape index (κ2) is 6.64. The predicted molar refractivity (Wildman–Crippen MR) is 85.1 cm³/mol. The topological polar surface area (TPSA) is 67.0 Å². The molecule has 22 heavy (non-hydrogen) atoms. The van der Waals surface area contributed by atoms with Crippen LogP contribution in [0.4, 0.5) is 5.69 Å². The van der Waals surface area contributed by atoms with Crippen LogP contribution in [0.15, 0.2) is 30.7 Å². The van der Waals surface area contributed by atoms with Gasteiger partial charge in [0.15, 0.2) is 0 Å². The minimum absolute atomic E-state index is 0.0584. The smallest absolute Gasteiger partial charge is 0.224 e. The van der Waals surface area contributed by atoms with Crippen LogP contribution in [0.5, 0.6) is 5.75 Å². The maximum atomic E-state index is 11.8. The summed E-state index contributed by atoms with van der Waals surface area (Å²) in [6.45, 7) is 2.73. The van der Waals surface area contributed by atoms with Crippen molar-refractivity contribution in [2.75, 3.05) is 11.9 Å². The van der Waals surface area contributed by atoms with E-state index in [1.165, 1.54) is 0 Å². The first-order valence-electron chi connectivity index (χ1n) is 7.80. The first-order chi connectivity index (χ1) is 10.8. The Hall–Kier alpha value is -2.30. The van der Waals surface area contributed by atoms with Crippen LogP contribution in [-0.4, -0.2) is 22.5 Å². The third kappa shape index (κ3) is 3.30. The minimum Gasteiger partial charge on any atom is -0.493 e. The number of fused-ring (bicyclic) bond motifs is 1. The van der Waals surface area contributed by atoms with Crippen LogP contribution in [0, 0.1) is 0 Å². The van der Waals surface area contributed by atoms with Gasteiger partial charge in [-0.2, -0.15) is 0 Å². The van der Waals surface area contributed by atoms with Gasteiger partial charge in [0.1, 0.15) is 5.75 Å². The Balaban J connectivity index is 1.79. The van der Waals surface area contributed by atoms with Crippen molar-refractivity contribution in [1.82, 2.24) is 9.97 Å². The Labute approximate surface area is 130 Å². The standard InChI is InChI=1S/C17H21N3O2/c1-2-3-17(21)20-13-4-5-16-15(9-13)12(6-7-22-16)8-14-10-18-11-19-14/h4-5,9-12H,2-3,6-8H2,1H3,(H,18,19)(H,20,21). The number of ether oxygens (including phenoxy) is 1. The molecular formula is C17H21N3O2. The Morgan fingerprint density at radius 1 is 1.50 bits per heavy atom. The zero-order valence-electron chi connectivity index (χ0n) is 12.8. The zero-order valence-corrected chi connectivity index (χ0v) is 12.8. The SMILES string of the molecule is CCCC(=O)Nc1ccc2c(c1)C(Cc1c[nH]cn1)CCO2. The number of aromatic nitrogens is 2. The number of carbonyl (C=O) groups excluding carboxylic acids is 1. The van der Waals surface area contributed by atoms with E-state index >= 15 is 0 Å². The monoisotopic (exact) mass is 299 g/mol. The second-order valence-corrected chi connectivity index (χ2v) is 5.65. The molecule has 1 amide bonds. The molecule has 1 aliphatic heterocycles. The van der Waals surface area contributed by atoms with Gasteiger partial charge >= 0.3 is 0 Å². The summed E-state index contributed by atoms with van der Waals surface area (Å²) >= 11 is 0. The largest absolute Gasteiger partial charge is 0.493 e. The fraction of sp³-hybridized carbons (Fsp3) is 0.412. The fourth-order valence-corrected chi connectivity index (χ4v) is 2.86. The molecule has 1 aliphatic rings. The highest BCUT2D eigenvalue weighted by molar-refractivity contribution is 5.90.